The fourth-order valence-electron chi connectivity index (χ4n) is 2.80. The van der Waals surface area contributed by atoms with Crippen molar-refractivity contribution in [3.63, 3.8) is 0 Å². The molecule has 1 aliphatic heterocycles. The van der Waals surface area contributed by atoms with Crippen molar-refractivity contribution in [3.05, 3.63) is 35.9 Å². The molecule has 1 fully saturated rings. The highest BCUT2D eigenvalue weighted by atomic mass is 15.1. The third-order valence-corrected chi connectivity index (χ3v) is 3.99. The van der Waals surface area contributed by atoms with Gasteiger partial charge in [-0.25, -0.2) is 0 Å². The maximum absolute atomic E-state index is 3.49. The van der Waals surface area contributed by atoms with Crippen molar-refractivity contribution in [1.82, 2.24) is 10.2 Å². The summed E-state index contributed by atoms with van der Waals surface area (Å²) in [6, 6.07) is 11.6. The van der Waals surface area contributed by atoms with Gasteiger partial charge in [0.15, 0.2) is 0 Å². The van der Waals surface area contributed by atoms with Crippen LogP contribution in [0.2, 0.25) is 0 Å². The Hall–Kier alpha value is -0.860. The lowest BCUT2D eigenvalue weighted by Gasteiger charge is -2.26. The minimum absolute atomic E-state index is 0.788. The van der Waals surface area contributed by atoms with Crippen LogP contribution in [0, 0.1) is 0 Å². The Morgan fingerprint density at radius 1 is 1.17 bits per heavy atom. The quantitative estimate of drug-likeness (QED) is 0.859. The average Bonchev–Trinajstić information content (AvgIpc) is 2.69. The minimum atomic E-state index is 0.788. The summed E-state index contributed by atoms with van der Waals surface area (Å²) < 4.78 is 0. The van der Waals surface area contributed by atoms with Gasteiger partial charge in [0.05, 0.1) is 0 Å². The monoisotopic (exact) mass is 246 g/mol. The number of rotatable bonds is 5. The Labute approximate surface area is 111 Å². The number of benzene rings is 1. The van der Waals surface area contributed by atoms with Crippen LogP contribution in [0.25, 0.3) is 0 Å². The summed E-state index contributed by atoms with van der Waals surface area (Å²) in [5.74, 6) is 0. The molecule has 2 rings (SSSR count). The van der Waals surface area contributed by atoms with E-state index in [0.717, 1.165) is 6.04 Å². The largest absolute Gasteiger partial charge is 0.317 e. The van der Waals surface area contributed by atoms with Crippen LogP contribution in [0.1, 0.15) is 31.2 Å². The topological polar surface area (TPSA) is 15.3 Å². The van der Waals surface area contributed by atoms with Gasteiger partial charge in [0, 0.05) is 6.04 Å². The van der Waals surface area contributed by atoms with Crippen LogP contribution in [-0.2, 0) is 6.42 Å². The van der Waals surface area contributed by atoms with E-state index in [9.17, 15) is 0 Å². The second-order valence-electron chi connectivity index (χ2n) is 5.40. The molecule has 1 atom stereocenters. The molecule has 2 heteroatoms. The standard InChI is InChI=1S/C16H26N2/c1-18(16-10-5-12-17-13-11-16)14-6-9-15-7-3-2-4-8-15/h2-4,7-8,16-17H,5-6,9-14H2,1H3. The molecular formula is C16H26N2. The van der Waals surface area contributed by atoms with Crippen LogP contribution >= 0.6 is 0 Å². The second kappa shape index (κ2) is 7.55. The highest BCUT2D eigenvalue weighted by Gasteiger charge is 2.15. The smallest absolute Gasteiger partial charge is 0.0105 e. The van der Waals surface area contributed by atoms with Crippen LogP contribution in [0.4, 0.5) is 0 Å². The van der Waals surface area contributed by atoms with E-state index >= 15 is 0 Å². The number of nitrogens with one attached hydrogen (secondary N) is 1. The fourth-order valence-corrected chi connectivity index (χ4v) is 2.80. The van der Waals surface area contributed by atoms with Gasteiger partial charge in [-0.3, -0.25) is 0 Å². The van der Waals surface area contributed by atoms with Crippen molar-refractivity contribution in [2.24, 2.45) is 0 Å². The number of hydrogen-bond donors (Lipinski definition) is 1. The summed E-state index contributed by atoms with van der Waals surface area (Å²) in [5, 5.41) is 3.49. The molecule has 0 spiro atoms. The van der Waals surface area contributed by atoms with Crippen LogP contribution in [-0.4, -0.2) is 37.6 Å². The number of hydrogen-bond acceptors (Lipinski definition) is 2. The maximum atomic E-state index is 3.49. The van der Waals surface area contributed by atoms with Gasteiger partial charge in [0.1, 0.15) is 0 Å². The zero-order valence-electron chi connectivity index (χ0n) is 11.6. The maximum Gasteiger partial charge on any atom is 0.0105 e. The molecule has 1 aliphatic rings. The van der Waals surface area contributed by atoms with E-state index in [0.29, 0.717) is 0 Å². The Morgan fingerprint density at radius 2 is 2.00 bits per heavy atom. The highest BCUT2D eigenvalue weighted by molar-refractivity contribution is 5.14. The van der Waals surface area contributed by atoms with Crippen molar-refractivity contribution in [3.8, 4) is 0 Å². The van der Waals surface area contributed by atoms with Crippen LogP contribution in [0.5, 0.6) is 0 Å². The van der Waals surface area contributed by atoms with E-state index in [1.165, 1.54) is 57.3 Å². The van der Waals surface area contributed by atoms with E-state index in [-0.39, 0.29) is 0 Å². The molecule has 1 N–H and O–H groups in total. The van der Waals surface area contributed by atoms with Crippen molar-refractivity contribution in [2.45, 2.75) is 38.1 Å². The minimum Gasteiger partial charge on any atom is -0.317 e. The lowest BCUT2D eigenvalue weighted by atomic mass is 10.1. The molecular weight excluding hydrogens is 220 g/mol. The van der Waals surface area contributed by atoms with E-state index in [1.807, 2.05) is 0 Å². The molecule has 0 bridgehead atoms. The molecule has 1 unspecified atom stereocenters. The van der Waals surface area contributed by atoms with Gasteiger partial charge in [-0.2, -0.15) is 0 Å². The predicted octanol–water partition coefficient (Wildman–Crippen LogP) is 2.69. The average molecular weight is 246 g/mol. The molecule has 1 aromatic carbocycles. The summed E-state index contributed by atoms with van der Waals surface area (Å²) in [5.41, 5.74) is 1.47. The van der Waals surface area contributed by atoms with Gasteiger partial charge < -0.3 is 10.2 Å². The van der Waals surface area contributed by atoms with Gasteiger partial charge >= 0.3 is 0 Å². The second-order valence-corrected chi connectivity index (χ2v) is 5.40. The molecule has 2 nitrogen and oxygen atoms in total. The Morgan fingerprint density at radius 3 is 2.83 bits per heavy atom. The van der Waals surface area contributed by atoms with Crippen LogP contribution < -0.4 is 5.32 Å². The summed E-state index contributed by atoms with van der Waals surface area (Å²) in [4.78, 5) is 2.57. The van der Waals surface area contributed by atoms with Gasteiger partial charge in [-0.1, -0.05) is 30.3 Å². The van der Waals surface area contributed by atoms with E-state index in [1.54, 1.807) is 0 Å². The highest BCUT2D eigenvalue weighted by Crippen LogP contribution is 2.12. The zero-order valence-corrected chi connectivity index (χ0v) is 11.6. The third-order valence-electron chi connectivity index (χ3n) is 3.99. The van der Waals surface area contributed by atoms with Crippen molar-refractivity contribution in [1.29, 1.82) is 0 Å². The molecule has 0 aliphatic carbocycles. The summed E-state index contributed by atoms with van der Waals surface area (Å²) >= 11 is 0. The molecule has 1 saturated heterocycles. The van der Waals surface area contributed by atoms with E-state index in [2.05, 4.69) is 47.6 Å². The molecule has 18 heavy (non-hydrogen) atoms. The van der Waals surface area contributed by atoms with Gasteiger partial charge in [0.25, 0.3) is 0 Å². The Balaban J connectivity index is 1.69. The summed E-state index contributed by atoms with van der Waals surface area (Å²) in [6.07, 6.45) is 6.46. The summed E-state index contributed by atoms with van der Waals surface area (Å²) in [6.45, 7) is 3.61. The van der Waals surface area contributed by atoms with E-state index < -0.39 is 0 Å². The Bertz CT molecular complexity index is 315. The van der Waals surface area contributed by atoms with Crippen LogP contribution in [0.15, 0.2) is 30.3 Å². The molecule has 0 saturated carbocycles. The first-order valence-electron chi connectivity index (χ1n) is 7.31. The SMILES string of the molecule is CN(CCCc1ccccc1)C1CCCNCC1. The molecule has 0 radical (unpaired) electrons. The first kappa shape index (κ1) is 13.6. The first-order valence-corrected chi connectivity index (χ1v) is 7.31. The summed E-state index contributed by atoms with van der Waals surface area (Å²) in [7, 11) is 2.29. The normalized spacial score (nSPS) is 20.9. The fraction of sp³-hybridized carbons (Fsp3) is 0.625. The lowest BCUT2D eigenvalue weighted by molar-refractivity contribution is 0.222. The van der Waals surface area contributed by atoms with Crippen molar-refractivity contribution in [2.75, 3.05) is 26.7 Å². The third kappa shape index (κ3) is 4.43. The number of nitrogens with zero attached hydrogens (tertiary/aromatic N) is 1. The lowest BCUT2D eigenvalue weighted by Crippen LogP contribution is -2.33. The Kier molecular flexibility index (Phi) is 5.69. The molecule has 1 aromatic rings. The first-order chi connectivity index (χ1) is 8.86. The van der Waals surface area contributed by atoms with Crippen molar-refractivity contribution >= 4 is 0 Å². The van der Waals surface area contributed by atoms with Gasteiger partial charge in [-0.15, -0.1) is 0 Å². The van der Waals surface area contributed by atoms with Gasteiger partial charge in [-0.05, 0) is 64.3 Å². The predicted molar refractivity (Wildman–Crippen MR) is 77.9 cm³/mol. The molecule has 1 heterocycles. The number of aryl methyl sites for hydroxylation is 1. The van der Waals surface area contributed by atoms with Gasteiger partial charge in [0.2, 0.25) is 0 Å². The molecule has 100 valence electrons. The van der Waals surface area contributed by atoms with Crippen LogP contribution in [0.3, 0.4) is 0 Å². The molecule has 0 aromatic heterocycles. The van der Waals surface area contributed by atoms with E-state index in [4.69, 9.17) is 0 Å². The van der Waals surface area contributed by atoms with Crippen molar-refractivity contribution < 1.29 is 0 Å². The molecule has 0 amide bonds. The zero-order chi connectivity index (χ0) is 12.6.